The maximum atomic E-state index is 5.19. The summed E-state index contributed by atoms with van der Waals surface area (Å²) in [5.41, 5.74) is 0.939. The van der Waals surface area contributed by atoms with Gasteiger partial charge in [0.25, 0.3) is 0 Å². The van der Waals surface area contributed by atoms with Crippen molar-refractivity contribution < 1.29 is 4.52 Å². The molecular weight excluding hydrogens is 296 g/mol. The first-order chi connectivity index (χ1) is 8.81. The van der Waals surface area contributed by atoms with E-state index in [0.29, 0.717) is 18.3 Å². The molecule has 3 rings (SSSR count). The van der Waals surface area contributed by atoms with E-state index in [1.807, 2.05) is 36.5 Å². The van der Waals surface area contributed by atoms with E-state index in [2.05, 4.69) is 31.2 Å². The number of rotatable bonds is 3. The van der Waals surface area contributed by atoms with E-state index in [-0.39, 0.29) is 0 Å². The predicted octanol–water partition coefficient (Wildman–Crippen LogP) is 2.74. The van der Waals surface area contributed by atoms with Crippen molar-refractivity contribution in [1.29, 1.82) is 0 Å². The van der Waals surface area contributed by atoms with Crippen LogP contribution in [0.4, 0.5) is 0 Å². The van der Waals surface area contributed by atoms with Crippen molar-refractivity contribution in [2.75, 3.05) is 0 Å². The Morgan fingerprint density at radius 3 is 2.78 bits per heavy atom. The second-order valence-corrected chi connectivity index (χ2v) is 4.65. The van der Waals surface area contributed by atoms with Gasteiger partial charge in [-0.1, -0.05) is 35.5 Å². The third kappa shape index (κ3) is 2.33. The number of halogens is 1. The fourth-order valence-corrected chi connectivity index (χ4v) is 1.91. The zero-order valence-corrected chi connectivity index (χ0v) is 10.9. The Morgan fingerprint density at radius 2 is 2.06 bits per heavy atom. The molecule has 1 aromatic carbocycles. The molecule has 0 aliphatic carbocycles. The van der Waals surface area contributed by atoms with Crippen LogP contribution in [0, 0.1) is 0 Å². The van der Waals surface area contributed by atoms with Crippen molar-refractivity contribution in [2.24, 2.45) is 0 Å². The number of benzene rings is 1. The lowest BCUT2D eigenvalue weighted by molar-refractivity contribution is 0.366. The minimum Gasteiger partial charge on any atom is -0.337 e. The number of hydrogen-bond donors (Lipinski definition) is 0. The van der Waals surface area contributed by atoms with Gasteiger partial charge >= 0.3 is 0 Å². The molecular formula is C12H9BrN4O. The molecule has 0 unspecified atom stereocenters. The van der Waals surface area contributed by atoms with Crippen LogP contribution in [0.5, 0.6) is 0 Å². The Labute approximate surface area is 112 Å². The van der Waals surface area contributed by atoms with E-state index in [9.17, 15) is 0 Å². The van der Waals surface area contributed by atoms with Gasteiger partial charge in [0, 0.05) is 11.8 Å². The van der Waals surface area contributed by atoms with Gasteiger partial charge in [-0.3, -0.25) is 4.68 Å². The molecule has 90 valence electrons. The average Bonchev–Trinajstić information content (AvgIpc) is 3.01. The third-order valence-corrected chi connectivity index (χ3v) is 2.81. The van der Waals surface area contributed by atoms with Crippen molar-refractivity contribution in [1.82, 2.24) is 19.9 Å². The number of aromatic nitrogens is 4. The Kier molecular flexibility index (Phi) is 2.93. The van der Waals surface area contributed by atoms with Gasteiger partial charge in [0.05, 0.1) is 10.7 Å². The van der Waals surface area contributed by atoms with Crippen molar-refractivity contribution in [3.63, 3.8) is 0 Å². The van der Waals surface area contributed by atoms with Crippen LogP contribution in [0.2, 0.25) is 0 Å². The fourth-order valence-electron chi connectivity index (χ4n) is 1.59. The maximum absolute atomic E-state index is 5.19. The molecule has 18 heavy (non-hydrogen) atoms. The molecule has 0 saturated carbocycles. The maximum Gasteiger partial charge on any atom is 0.248 e. The molecule has 0 radical (unpaired) electrons. The summed E-state index contributed by atoms with van der Waals surface area (Å²) < 4.78 is 7.85. The summed E-state index contributed by atoms with van der Waals surface area (Å²) in [6.07, 6.45) is 3.57. The summed E-state index contributed by atoms with van der Waals surface area (Å²) in [5.74, 6) is 1.13. The van der Waals surface area contributed by atoms with Crippen LogP contribution in [0.3, 0.4) is 0 Å². The van der Waals surface area contributed by atoms with Crippen LogP contribution in [0.1, 0.15) is 5.89 Å². The molecule has 0 fully saturated rings. The summed E-state index contributed by atoms with van der Waals surface area (Å²) >= 11 is 3.34. The Hall–Kier alpha value is -1.95. The van der Waals surface area contributed by atoms with Crippen LogP contribution < -0.4 is 0 Å². The minimum atomic E-state index is 0.464. The molecule has 0 saturated heterocycles. The second-order valence-electron chi connectivity index (χ2n) is 3.73. The zero-order valence-electron chi connectivity index (χ0n) is 9.32. The van der Waals surface area contributed by atoms with Gasteiger partial charge in [-0.2, -0.15) is 10.1 Å². The molecule has 3 aromatic rings. The van der Waals surface area contributed by atoms with Crippen LogP contribution in [-0.4, -0.2) is 19.9 Å². The van der Waals surface area contributed by atoms with E-state index in [1.165, 1.54) is 0 Å². The SMILES string of the molecule is Brc1cnn(Cc2nc(-c3ccccc3)no2)c1. The molecule has 0 amide bonds. The highest BCUT2D eigenvalue weighted by Gasteiger charge is 2.09. The second kappa shape index (κ2) is 4.73. The smallest absolute Gasteiger partial charge is 0.248 e. The molecule has 0 N–H and O–H groups in total. The monoisotopic (exact) mass is 304 g/mol. The molecule has 0 spiro atoms. The van der Waals surface area contributed by atoms with Gasteiger partial charge in [0.1, 0.15) is 6.54 Å². The molecule has 0 aliphatic rings. The predicted molar refractivity (Wildman–Crippen MR) is 68.8 cm³/mol. The van der Waals surface area contributed by atoms with Gasteiger partial charge in [-0.15, -0.1) is 0 Å². The highest BCUT2D eigenvalue weighted by molar-refractivity contribution is 9.10. The first-order valence-electron chi connectivity index (χ1n) is 5.37. The standard InChI is InChI=1S/C12H9BrN4O/c13-10-6-14-17(7-10)8-11-15-12(16-18-11)9-4-2-1-3-5-9/h1-7H,8H2. The van der Waals surface area contributed by atoms with Crippen LogP contribution >= 0.6 is 15.9 Å². The van der Waals surface area contributed by atoms with Crippen molar-refractivity contribution in [3.05, 3.63) is 53.1 Å². The topological polar surface area (TPSA) is 56.7 Å². The Balaban J connectivity index is 1.82. The number of nitrogens with zero attached hydrogens (tertiary/aromatic N) is 4. The summed E-state index contributed by atoms with van der Waals surface area (Å²) in [6, 6.07) is 9.72. The summed E-state index contributed by atoms with van der Waals surface area (Å²) in [7, 11) is 0. The van der Waals surface area contributed by atoms with Gasteiger partial charge in [0.2, 0.25) is 11.7 Å². The molecule has 2 aromatic heterocycles. The largest absolute Gasteiger partial charge is 0.337 e. The zero-order chi connectivity index (χ0) is 12.4. The first kappa shape index (κ1) is 11.2. The van der Waals surface area contributed by atoms with E-state index < -0.39 is 0 Å². The average molecular weight is 305 g/mol. The minimum absolute atomic E-state index is 0.464. The van der Waals surface area contributed by atoms with Crippen molar-refractivity contribution >= 4 is 15.9 Å². The molecule has 2 heterocycles. The van der Waals surface area contributed by atoms with E-state index in [0.717, 1.165) is 10.0 Å². The van der Waals surface area contributed by atoms with Crippen molar-refractivity contribution in [2.45, 2.75) is 6.54 Å². The van der Waals surface area contributed by atoms with Crippen LogP contribution in [0.25, 0.3) is 11.4 Å². The molecule has 6 heteroatoms. The summed E-state index contributed by atoms with van der Waals surface area (Å²) in [6.45, 7) is 0.464. The van der Waals surface area contributed by atoms with Gasteiger partial charge < -0.3 is 4.52 Å². The van der Waals surface area contributed by atoms with Crippen molar-refractivity contribution in [3.8, 4) is 11.4 Å². The number of hydrogen-bond acceptors (Lipinski definition) is 4. The molecule has 5 nitrogen and oxygen atoms in total. The first-order valence-corrected chi connectivity index (χ1v) is 6.16. The summed E-state index contributed by atoms with van der Waals surface area (Å²) in [5, 5.41) is 8.09. The lowest BCUT2D eigenvalue weighted by Gasteiger charge is -1.93. The molecule has 0 bridgehead atoms. The quantitative estimate of drug-likeness (QED) is 0.746. The Morgan fingerprint density at radius 1 is 1.22 bits per heavy atom. The highest BCUT2D eigenvalue weighted by Crippen LogP contribution is 2.15. The molecule has 0 aliphatic heterocycles. The van der Waals surface area contributed by atoms with E-state index >= 15 is 0 Å². The van der Waals surface area contributed by atoms with Gasteiger partial charge in [-0.25, -0.2) is 0 Å². The third-order valence-electron chi connectivity index (χ3n) is 2.40. The highest BCUT2D eigenvalue weighted by atomic mass is 79.9. The van der Waals surface area contributed by atoms with Crippen LogP contribution in [-0.2, 0) is 6.54 Å². The van der Waals surface area contributed by atoms with Gasteiger partial charge in [-0.05, 0) is 15.9 Å². The van der Waals surface area contributed by atoms with E-state index in [1.54, 1.807) is 10.9 Å². The van der Waals surface area contributed by atoms with E-state index in [4.69, 9.17) is 4.52 Å². The van der Waals surface area contributed by atoms with Gasteiger partial charge in [0.15, 0.2) is 0 Å². The molecule has 0 atom stereocenters. The normalized spacial score (nSPS) is 10.7. The Bertz CT molecular complexity index is 647. The van der Waals surface area contributed by atoms with Crippen LogP contribution in [0.15, 0.2) is 51.7 Å². The fraction of sp³-hybridized carbons (Fsp3) is 0.0833. The lowest BCUT2D eigenvalue weighted by Crippen LogP contribution is -1.99. The lowest BCUT2D eigenvalue weighted by atomic mass is 10.2. The summed E-state index contributed by atoms with van der Waals surface area (Å²) in [4.78, 5) is 4.33.